The number of hydrogen-bond acceptors (Lipinski definition) is 6. The Morgan fingerprint density at radius 1 is 1.36 bits per heavy atom. The molecule has 3 aromatic rings. The number of thiazole rings is 1. The van der Waals surface area contributed by atoms with Gasteiger partial charge in [0.1, 0.15) is 0 Å². The summed E-state index contributed by atoms with van der Waals surface area (Å²) in [6, 6.07) is 3.61. The van der Waals surface area contributed by atoms with E-state index in [0.29, 0.717) is 11.5 Å². The summed E-state index contributed by atoms with van der Waals surface area (Å²) >= 11 is 4.89. The van der Waals surface area contributed by atoms with Gasteiger partial charge in [0.15, 0.2) is 11.5 Å². The van der Waals surface area contributed by atoms with Crippen molar-refractivity contribution in [2.45, 2.75) is 6.92 Å². The smallest absolute Gasteiger partial charge is 0.250 e. The predicted octanol–water partition coefficient (Wildman–Crippen LogP) is 3.53. The van der Waals surface area contributed by atoms with E-state index >= 15 is 0 Å². The molecule has 2 heterocycles. The minimum absolute atomic E-state index is 0.276. The third kappa shape index (κ3) is 3.67. The summed E-state index contributed by atoms with van der Waals surface area (Å²) in [4.78, 5) is 17.1. The van der Waals surface area contributed by atoms with E-state index in [1.165, 1.54) is 17.4 Å². The van der Waals surface area contributed by atoms with Gasteiger partial charge in [-0.3, -0.25) is 10.1 Å². The van der Waals surface area contributed by atoms with E-state index < -0.39 is 0 Å². The molecule has 2 aromatic heterocycles. The molecule has 0 saturated carbocycles. The number of fused-ring (bicyclic) bond motifs is 1. The SMILES string of the molecule is COc1cc(/C=C/C(=O)Nc2nc3scc(C)n3n2)cc(Br)c1OC. The molecule has 0 saturated heterocycles. The van der Waals surface area contributed by atoms with Crippen molar-refractivity contribution in [1.29, 1.82) is 0 Å². The third-order valence-electron chi connectivity index (χ3n) is 3.36. The van der Waals surface area contributed by atoms with Crippen molar-refractivity contribution >= 4 is 50.2 Å². The molecule has 0 aliphatic rings. The molecule has 1 aromatic carbocycles. The van der Waals surface area contributed by atoms with Gasteiger partial charge in [-0.25, -0.2) is 4.52 Å². The zero-order chi connectivity index (χ0) is 18.0. The lowest BCUT2D eigenvalue weighted by Gasteiger charge is -2.10. The number of benzene rings is 1. The number of nitrogens with one attached hydrogen (secondary N) is 1. The number of methoxy groups -OCH3 is 2. The minimum Gasteiger partial charge on any atom is -0.493 e. The van der Waals surface area contributed by atoms with Crippen LogP contribution in [0.15, 0.2) is 28.1 Å². The number of carbonyl (C=O) groups excluding carboxylic acids is 1. The van der Waals surface area contributed by atoms with Crippen molar-refractivity contribution in [2.24, 2.45) is 0 Å². The predicted molar refractivity (Wildman–Crippen MR) is 101 cm³/mol. The Morgan fingerprint density at radius 2 is 2.16 bits per heavy atom. The van der Waals surface area contributed by atoms with E-state index in [4.69, 9.17) is 9.47 Å². The summed E-state index contributed by atoms with van der Waals surface area (Å²) in [6.45, 7) is 1.93. The van der Waals surface area contributed by atoms with Crippen LogP contribution >= 0.6 is 27.3 Å². The highest BCUT2D eigenvalue weighted by Gasteiger charge is 2.11. The van der Waals surface area contributed by atoms with Crippen LogP contribution in [-0.2, 0) is 4.79 Å². The number of anilines is 1. The number of rotatable bonds is 5. The number of nitrogens with zero attached hydrogens (tertiary/aromatic N) is 3. The van der Waals surface area contributed by atoms with Crippen molar-refractivity contribution in [2.75, 3.05) is 19.5 Å². The molecule has 0 radical (unpaired) electrons. The summed E-state index contributed by atoms with van der Waals surface area (Å²) in [5.74, 6) is 1.13. The van der Waals surface area contributed by atoms with Crippen LogP contribution < -0.4 is 14.8 Å². The summed E-state index contributed by atoms with van der Waals surface area (Å²) in [7, 11) is 3.12. The van der Waals surface area contributed by atoms with E-state index in [0.717, 1.165) is 20.7 Å². The number of hydrogen-bond donors (Lipinski definition) is 1. The fourth-order valence-corrected chi connectivity index (χ4v) is 3.62. The maximum atomic E-state index is 12.1. The van der Waals surface area contributed by atoms with Crippen LogP contribution in [0.1, 0.15) is 11.3 Å². The van der Waals surface area contributed by atoms with Gasteiger partial charge in [-0.2, -0.15) is 4.98 Å². The van der Waals surface area contributed by atoms with Gasteiger partial charge < -0.3 is 9.47 Å². The van der Waals surface area contributed by atoms with Gasteiger partial charge in [0.05, 0.1) is 24.4 Å². The average molecular weight is 423 g/mol. The van der Waals surface area contributed by atoms with Gasteiger partial charge in [-0.05, 0) is 46.6 Å². The first-order chi connectivity index (χ1) is 12.0. The monoisotopic (exact) mass is 422 g/mol. The molecule has 25 heavy (non-hydrogen) atoms. The Balaban J connectivity index is 1.74. The van der Waals surface area contributed by atoms with Crippen molar-refractivity contribution < 1.29 is 14.3 Å². The highest BCUT2D eigenvalue weighted by Crippen LogP contribution is 2.36. The van der Waals surface area contributed by atoms with Crippen molar-refractivity contribution in [3.05, 3.63) is 39.3 Å². The normalized spacial score (nSPS) is 11.2. The molecule has 0 fully saturated rings. The van der Waals surface area contributed by atoms with Gasteiger partial charge in [-0.1, -0.05) is 0 Å². The molecule has 0 aliphatic heterocycles. The second-order valence-corrected chi connectivity index (χ2v) is 6.76. The van der Waals surface area contributed by atoms with Crippen molar-refractivity contribution in [3.63, 3.8) is 0 Å². The molecule has 0 aliphatic carbocycles. The number of carbonyl (C=O) groups is 1. The number of aryl methyl sites for hydroxylation is 1. The van der Waals surface area contributed by atoms with Crippen LogP contribution in [0.2, 0.25) is 0 Å². The molecule has 3 rings (SSSR count). The van der Waals surface area contributed by atoms with Crippen molar-refractivity contribution in [1.82, 2.24) is 14.6 Å². The first-order valence-corrected chi connectivity index (χ1v) is 8.90. The second kappa shape index (κ2) is 7.24. The maximum absolute atomic E-state index is 12.1. The fraction of sp³-hybridized carbons (Fsp3) is 0.188. The summed E-state index contributed by atoms with van der Waals surface area (Å²) in [5.41, 5.74) is 1.76. The molecule has 1 N–H and O–H groups in total. The molecule has 1 amide bonds. The Hall–Kier alpha value is -2.39. The number of aromatic nitrogens is 3. The largest absolute Gasteiger partial charge is 0.493 e. The molecule has 7 nitrogen and oxygen atoms in total. The average Bonchev–Trinajstić information content (AvgIpc) is 3.14. The lowest BCUT2D eigenvalue weighted by molar-refractivity contribution is -0.111. The molecule has 9 heteroatoms. The maximum Gasteiger partial charge on any atom is 0.250 e. The molecule has 0 atom stereocenters. The summed E-state index contributed by atoms with van der Waals surface area (Å²) in [6.07, 6.45) is 3.08. The van der Waals surface area contributed by atoms with Crippen LogP contribution in [0.5, 0.6) is 11.5 Å². The van der Waals surface area contributed by atoms with Crippen LogP contribution in [-0.4, -0.2) is 34.7 Å². The van der Waals surface area contributed by atoms with Crippen LogP contribution in [0, 0.1) is 6.92 Å². The molecule has 0 spiro atoms. The van der Waals surface area contributed by atoms with Gasteiger partial charge in [0.2, 0.25) is 4.96 Å². The van der Waals surface area contributed by atoms with Gasteiger partial charge in [0.25, 0.3) is 11.9 Å². The molecule has 0 unspecified atom stereocenters. The molecular weight excluding hydrogens is 408 g/mol. The van der Waals surface area contributed by atoms with Crippen LogP contribution in [0.3, 0.4) is 0 Å². The van der Waals surface area contributed by atoms with Gasteiger partial charge in [0, 0.05) is 11.5 Å². The number of amides is 1. The zero-order valence-electron chi connectivity index (χ0n) is 13.7. The Morgan fingerprint density at radius 3 is 2.84 bits per heavy atom. The summed E-state index contributed by atoms with van der Waals surface area (Å²) < 4.78 is 13.0. The topological polar surface area (TPSA) is 77.8 Å². The van der Waals surface area contributed by atoms with Gasteiger partial charge >= 0.3 is 0 Å². The Bertz CT molecular complexity index is 964. The molecule has 130 valence electrons. The fourth-order valence-electron chi connectivity index (χ4n) is 2.20. The van der Waals surface area contributed by atoms with Crippen LogP contribution in [0.25, 0.3) is 11.0 Å². The lowest BCUT2D eigenvalue weighted by atomic mass is 10.2. The zero-order valence-corrected chi connectivity index (χ0v) is 16.1. The Kier molecular flexibility index (Phi) is 5.05. The standard InChI is InChI=1S/C16H15BrN4O3S/c1-9-8-25-16-19-15(20-21(9)16)18-13(22)5-4-10-6-11(17)14(24-3)12(7-10)23-2/h4-8H,1-3H3,(H,18,20,22)/b5-4+. The van der Waals surface area contributed by atoms with E-state index in [9.17, 15) is 4.79 Å². The molecule has 0 bridgehead atoms. The first-order valence-electron chi connectivity index (χ1n) is 7.23. The van der Waals surface area contributed by atoms with Gasteiger partial charge in [-0.15, -0.1) is 16.4 Å². The highest BCUT2D eigenvalue weighted by atomic mass is 79.9. The molecular formula is C16H15BrN4O3S. The van der Waals surface area contributed by atoms with E-state index in [-0.39, 0.29) is 11.9 Å². The third-order valence-corrected chi connectivity index (χ3v) is 4.89. The number of ether oxygens (including phenoxy) is 2. The van der Waals surface area contributed by atoms with Crippen molar-refractivity contribution in [3.8, 4) is 11.5 Å². The van der Waals surface area contributed by atoms with E-state index in [1.807, 2.05) is 18.4 Å². The van der Waals surface area contributed by atoms with E-state index in [2.05, 4.69) is 31.3 Å². The lowest BCUT2D eigenvalue weighted by Crippen LogP contribution is -2.09. The first kappa shape index (κ1) is 17.4. The summed E-state index contributed by atoms with van der Waals surface area (Å²) in [5, 5.41) is 8.84. The second-order valence-electron chi connectivity index (χ2n) is 5.07. The number of halogens is 1. The Labute approximate surface area is 156 Å². The quantitative estimate of drug-likeness (QED) is 0.636. The minimum atomic E-state index is -0.318. The highest BCUT2D eigenvalue weighted by molar-refractivity contribution is 9.10. The van der Waals surface area contributed by atoms with E-state index in [1.54, 1.807) is 30.9 Å². The van der Waals surface area contributed by atoms with Crippen LogP contribution in [0.4, 0.5) is 5.95 Å².